The minimum Gasteiger partial charge on any atom is -0.387 e. The predicted octanol–water partition coefficient (Wildman–Crippen LogP) is -0.179. The third-order valence-electron chi connectivity index (χ3n) is 4.55. The molecule has 0 aromatic rings. The van der Waals surface area contributed by atoms with Crippen molar-refractivity contribution in [3.05, 3.63) is 4.91 Å². The Morgan fingerprint density at radius 3 is 2.21 bits per heavy atom. The number of aliphatic hydroxyl groups excluding tert-OH is 4. The summed E-state index contributed by atoms with van der Waals surface area (Å²) in [5.41, 5.74) is 0. The standard InChI is InChI=1S/C17H32ClN3O8/c1-9(2)7-17(27)14(24)12(23)11(22)13(29-17)15(25)20(8-10(3)4)16(26)21(19-28)6-5-18/h9-15,22-25,27H,5-8H2,1-4H3/t11-,12+,13+,14-,15?,17+/m0/s1. The highest BCUT2D eigenvalue weighted by atomic mass is 35.5. The third-order valence-corrected chi connectivity index (χ3v) is 4.72. The molecular weight excluding hydrogens is 410 g/mol. The lowest BCUT2D eigenvalue weighted by molar-refractivity contribution is -0.367. The van der Waals surface area contributed by atoms with Crippen molar-refractivity contribution in [3.8, 4) is 0 Å². The van der Waals surface area contributed by atoms with Crippen LogP contribution in [0.5, 0.6) is 0 Å². The summed E-state index contributed by atoms with van der Waals surface area (Å²) >= 11 is 5.57. The minimum atomic E-state index is -2.26. The molecule has 1 unspecified atom stereocenters. The van der Waals surface area contributed by atoms with Gasteiger partial charge in [0.1, 0.15) is 24.4 Å². The van der Waals surface area contributed by atoms with Gasteiger partial charge in [-0.05, 0) is 11.8 Å². The number of halogens is 1. The molecule has 1 rings (SSSR count). The number of ether oxygens (including phenoxy) is 1. The first-order valence-corrected chi connectivity index (χ1v) is 10.0. The molecule has 170 valence electrons. The summed E-state index contributed by atoms with van der Waals surface area (Å²) in [5.74, 6) is -2.67. The van der Waals surface area contributed by atoms with E-state index >= 15 is 0 Å². The van der Waals surface area contributed by atoms with Gasteiger partial charge in [0, 0.05) is 18.8 Å². The van der Waals surface area contributed by atoms with Crippen LogP contribution in [0, 0.1) is 16.7 Å². The monoisotopic (exact) mass is 441 g/mol. The van der Waals surface area contributed by atoms with Crippen molar-refractivity contribution in [2.24, 2.45) is 17.1 Å². The Bertz CT molecular complexity index is 555. The molecule has 0 bridgehead atoms. The number of carbonyl (C=O) groups excluding carboxylic acids is 1. The van der Waals surface area contributed by atoms with Crippen LogP contribution in [0.4, 0.5) is 4.79 Å². The average molecular weight is 442 g/mol. The maximum absolute atomic E-state index is 12.7. The Labute approximate surface area is 174 Å². The third kappa shape index (κ3) is 6.20. The second kappa shape index (κ2) is 10.8. The van der Waals surface area contributed by atoms with Gasteiger partial charge in [-0.1, -0.05) is 27.7 Å². The Kier molecular flexibility index (Phi) is 9.67. The van der Waals surface area contributed by atoms with Crippen molar-refractivity contribution in [2.45, 2.75) is 70.5 Å². The molecule has 2 amide bonds. The number of nitrogens with zero attached hydrogens (tertiary/aromatic N) is 3. The van der Waals surface area contributed by atoms with E-state index in [-0.39, 0.29) is 37.2 Å². The summed E-state index contributed by atoms with van der Waals surface area (Å²) < 4.78 is 5.43. The number of alkyl halides is 1. The average Bonchev–Trinajstić information content (AvgIpc) is 2.63. The molecule has 0 saturated carbocycles. The van der Waals surface area contributed by atoms with E-state index in [1.807, 2.05) is 0 Å². The van der Waals surface area contributed by atoms with Gasteiger partial charge >= 0.3 is 6.03 Å². The van der Waals surface area contributed by atoms with Crippen LogP contribution in [-0.2, 0) is 4.74 Å². The van der Waals surface area contributed by atoms with Gasteiger partial charge in [0.2, 0.25) is 0 Å². The quantitative estimate of drug-likeness (QED) is 0.142. The zero-order chi connectivity index (χ0) is 22.5. The fourth-order valence-electron chi connectivity index (χ4n) is 3.28. The number of urea groups is 1. The fraction of sp³-hybridized carbons (Fsp3) is 0.941. The molecule has 1 heterocycles. The second-order valence-electron chi connectivity index (χ2n) is 8.09. The van der Waals surface area contributed by atoms with E-state index in [1.54, 1.807) is 27.7 Å². The van der Waals surface area contributed by atoms with Gasteiger partial charge in [-0.3, -0.25) is 4.90 Å². The lowest BCUT2D eigenvalue weighted by Crippen LogP contribution is -2.69. The molecule has 0 aromatic heterocycles. The first-order chi connectivity index (χ1) is 13.4. The number of rotatable bonds is 9. The van der Waals surface area contributed by atoms with E-state index in [0.29, 0.717) is 5.01 Å². The zero-order valence-electron chi connectivity index (χ0n) is 17.1. The molecule has 0 aliphatic carbocycles. The summed E-state index contributed by atoms with van der Waals surface area (Å²) in [6.45, 7) is 6.72. The maximum atomic E-state index is 12.7. The Morgan fingerprint density at radius 1 is 1.17 bits per heavy atom. The Morgan fingerprint density at radius 2 is 1.76 bits per heavy atom. The molecule has 5 N–H and O–H groups in total. The van der Waals surface area contributed by atoms with E-state index in [9.17, 15) is 35.2 Å². The number of hydrogen-bond donors (Lipinski definition) is 5. The molecule has 1 fully saturated rings. The molecule has 29 heavy (non-hydrogen) atoms. The van der Waals surface area contributed by atoms with E-state index in [4.69, 9.17) is 16.3 Å². The van der Waals surface area contributed by atoms with Crippen molar-refractivity contribution in [3.63, 3.8) is 0 Å². The van der Waals surface area contributed by atoms with E-state index in [1.165, 1.54) is 0 Å². The van der Waals surface area contributed by atoms with Crippen molar-refractivity contribution < 1.29 is 35.1 Å². The summed E-state index contributed by atoms with van der Waals surface area (Å²) in [6.07, 6.45) is -9.12. The van der Waals surface area contributed by atoms with Crippen molar-refractivity contribution >= 4 is 17.6 Å². The lowest BCUT2D eigenvalue weighted by atomic mass is 9.87. The van der Waals surface area contributed by atoms with Gasteiger partial charge in [-0.15, -0.1) is 16.5 Å². The van der Waals surface area contributed by atoms with Gasteiger partial charge in [0.15, 0.2) is 12.0 Å². The highest BCUT2D eigenvalue weighted by Gasteiger charge is 2.55. The normalized spacial score (nSPS) is 31.0. The van der Waals surface area contributed by atoms with Gasteiger partial charge < -0.3 is 30.3 Å². The minimum absolute atomic E-state index is 0.0534. The Hall–Kier alpha value is -1.08. The van der Waals surface area contributed by atoms with Gasteiger partial charge in [0.25, 0.3) is 0 Å². The number of hydrogen-bond acceptors (Lipinski definition) is 9. The fourth-order valence-corrected chi connectivity index (χ4v) is 3.44. The first kappa shape index (κ1) is 26.0. The highest BCUT2D eigenvalue weighted by Crippen LogP contribution is 2.35. The second-order valence-corrected chi connectivity index (χ2v) is 8.47. The van der Waals surface area contributed by atoms with Crippen LogP contribution in [0.25, 0.3) is 0 Å². The molecule has 0 aromatic carbocycles. The van der Waals surface area contributed by atoms with Crippen LogP contribution in [-0.4, -0.2) is 96.9 Å². The lowest BCUT2D eigenvalue weighted by Gasteiger charge is -2.49. The maximum Gasteiger partial charge on any atom is 0.345 e. The number of amides is 2. The highest BCUT2D eigenvalue weighted by molar-refractivity contribution is 6.18. The molecule has 6 atom stereocenters. The molecule has 1 aliphatic heterocycles. The smallest absolute Gasteiger partial charge is 0.345 e. The van der Waals surface area contributed by atoms with Crippen LogP contribution in [0.3, 0.4) is 0 Å². The van der Waals surface area contributed by atoms with Gasteiger partial charge in [-0.25, -0.2) is 4.79 Å². The van der Waals surface area contributed by atoms with Gasteiger partial charge in [-0.2, -0.15) is 5.01 Å². The topological polar surface area (TPSA) is 163 Å². The summed E-state index contributed by atoms with van der Waals surface area (Å²) in [5, 5.41) is 55.4. The largest absolute Gasteiger partial charge is 0.387 e. The molecule has 1 aliphatic rings. The molecule has 1 saturated heterocycles. The van der Waals surface area contributed by atoms with E-state index in [0.717, 1.165) is 4.90 Å². The molecule has 0 spiro atoms. The van der Waals surface area contributed by atoms with Crippen molar-refractivity contribution in [1.29, 1.82) is 0 Å². The zero-order valence-corrected chi connectivity index (χ0v) is 17.8. The van der Waals surface area contributed by atoms with Crippen LogP contribution in [0.1, 0.15) is 34.1 Å². The molecule has 11 nitrogen and oxygen atoms in total. The molecular formula is C17H32ClN3O8. The van der Waals surface area contributed by atoms with Crippen LogP contribution in [0.2, 0.25) is 0 Å². The van der Waals surface area contributed by atoms with Crippen LogP contribution < -0.4 is 0 Å². The van der Waals surface area contributed by atoms with Crippen LogP contribution >= 0.6 is 11.6 Å². The van der Waals surface area contributed by atoms with Crippen molar-refractivity contribution in [1.82, 2.24) is 9.91 Å². The van der Waals surface area contributed by atoms with E-state index < -0.39 is 42.5 Å². The molecule has 12 heteroatoms. The summed E-state index contributed by atoms with van der Waals surface area (Å²) in [6, 6.07) is -0.981. The summed E-state index contributed by atoms with van der Waals surface area (Å²) in [4.78, 5) is 24.5. The van der Waals surface area contributed by atoms with Crippen LogP contribution in [0.15, 0.2) is 5.29 Å². The molecule has 0 radical (unpaired) electrons. The summed E-state index contributed by atoms with van der Waals surface area (Å²) in [7, 11) is 0. The number of nitroso groups, excluding NO2 is 1. The van der Waals surface area contributed by atoms with Crippen molar-refractivity contribution in [2.75, 3.05) is 19.0 Å². The number of aliphatic hydroxyl groups is 5. The first-order valence-electron chi connectivity index (χ1n) is 9.49. The predicted molar refractivity (Wildman–Crippen MR) is 103 cm³/mol. The van der Waals surface area contributed by atoms with Gasteiger partial charge in [0.05, 0.1) is 11.8 Å². The van der Waals surface area contributed by atoms with E-state index in [2.05, 4.69) is 5.29 Å². The SMILES string of the molecule is CC(C)CN(C(=O)N(CCCl)N=O)C(O)[C@@H]1O[C@](O)(CC(C)C)[C@@H](O)[C@H](O)[C@@H]1O. The number of carbonyl (C=O) groups is 1. The Balaban J connectivity index is 3.22.